The van der Waals surface area contributed by atoms with Crippen LogP contribution in [-0.4, -0.2) is 10.8 Å². The van der Waals surface area contributed by atoms with Crippen LogP contribution in [-0.2, 0) is 6.42 Å². The molecular formula is C14H11ClFNO. The highest BCUT2D eigenvalue weighted by Crippen LogP contribution is 2.17. The number of benzene rings is 1. The van der Waals surface area contributed by atoms with Gasteiger partial charge in [-0.05, 0) is 42.3 Å². The third kappa shape index (κ3) is 2.74. The molecule has 0 fully saturated rings. The number of carbonyl (C=O) groups excluding carboxylic acids is 1. The van der Waals surface area contributed by atoms with Gasteiger partial charge in [-0.25, -0.2) is 4.39 Å². The minimum Gasteiger partial charge on any atom is -0.292 e. The van der Waals surface area contributed by atoms with Crippen molar-refractivity contribution in [2.75, 3.05) is 0 Å². The zero-order valence-electron chi connectivity index (χ0n) is 9.78. The predicted molar refractivity (Wildman–Crippen MR) is 68.4 cm³/mol. The van der Waals surface area contributed by atoms with Crippen molar-refractivity contribution in [3.63, 3.8) is 0 Å². The molecule has 0 spiro atoms. The summed E-state index contributed by atoms with van der Waals surface area (Å²) in [5, 5.41) is 0.414. The molecule has 1 heterocycles. The van der Waals surface area contributed by atoms with Gasteiger partial charge in [-0.15, -0.1) is 0 Å². The number of nitrogens with zero attached hydrogens (tertiary/aromatic N) is 1. The second-order valence-corrected chi connectivity index (χ2v) is 4.44. The van der Waals surface area contributed by atoms with Crippen LogP contribution >= 0.6 is 11.6 Å². The molecule has 1 aromatic carbocycles. The Balaban J connectivity index is 2.27. The van der Waals surface area contributed by atoms with Crippen LogP contribution in [0.5, 0.6) is 0 Å². The molecule has 2 rings (SSSR count). The number of hydrogen-bond acceptors (Lipinski definition) is 2. The number of halogens is 2. The second kappa shape index (κ2) is 5.27. The SMILES string of the molecule is Cc1cccnc1C(=O)Cc1cc(Cl)ccc1F. The van der Waals surface area contributed by atoms with Gasteiger partial charge in [0.1, 0.15) is 11.5 Å². The third-order valence-corrected chi connectivity index (χ3v) is 2.87. The van der Waals surface area contributed by atoms with Gasteiger partial charge >= 0.3 is 0 Å². The van der Waals surface area contributed by atoms with E-state index in [-0.39, 0.29) is 17.8 Å². The maximum atomic E-state index is 13.5. The lowest BCUT2D eigenvalue weighted by atomic mass is 10.0. The number of ketones is 1. The van der Waals surface area contributed by atoms with E-state index in [2.05, 4.69) is 4.98 Å². The first kappa shape index (κ1) is 12.7. The van der Waals surface area contributed by atoms with Crippen LogP contribution in [0.3, 0.4) is 0 Å². The number of aromatic nitrogens is 1. The molecule has 0 radical (unpaired) electrons. The Labute approximate surface area is 109 Å². The summed E-state index contributed by atoms with van der Waals surface area (Å²) in [6.07, 6.45) is 1.51. The maximum Gasteiger partial charge on any atom is 0.185 e. The average Bonchev–Trinajstić information content (AvgIpc) is 2.34. The topological polar surface area (TPSA) is 30.0 Å². The molecule has 0 unspecified atom stereocenters. The Hall–Kier alpha value is -1.74. The van der Waals surface area contributed by atoms with Crippen molar-refractivity contribution >= 4 is 17.4 Å². The molecule has 0 saturated carbocycles. The summed E-state index contributed by atoms with van der Waals surface area (Å²) in [5.41, 5.74) is 1.44. The quantitative estimate of drug-likeness (QED) is 0.792. The minimum atomic E-state index is -0.429. The van der Waals surface area contributed by atoms with Crippen molar-refractivity contribution in [1.29, 1.82) is 0 Å². The van der Waals surface area contributed by atoms with Gasteiger partial charge < -0.3 is 0 Å². The van der Waals surface area contributed by atoms with Gasteiger partial charge in [0.15, 0.2) is 5.78 Å². The lowest BCUT2D eigenvalue weighted by molar-refractivity contribution is 0.0986. The van der Waals surface area contributed by atoms with Crippen molar-refractivity contribution in [1.82, 2.24) is 4.98 Å². The van der Waals surface area contributed by atoms with Gasteiger partial charge in [-0.2, -0.15) is 0 Å². The van der Waals surface area contributed by atoms with E-state index in [1.54, 1.807) is 25.3 Å². The molecule has 0 atom stereocenters. The molecule has 2 nitrogen and oxygen atoms in total. The summed E-state index contributed by atoms with van der Waals surface area (Å²) in [7, 11) is 0. The number of aryl methyl sites for hydroxylation is 1. The summed E-state index contributed by atoms with van der Waals surface area (Å²) in [6, 6.07) is 7.74. The van der Waals surface area contributed by atoms with Crippen LogP contribution in [0, 0.1) is 12.7 Å². The van der Waals surface area contributed by atoms with Gasteiger partial charge in [0.2, 0.25) is 0 Å². The van der Waals surface area contributed by atoms with Crippen LogP contribution in [0.4, 0.5) is 4.39 Å². The molecule has 0 saturated heterocycles. The monoisotopic (exact) mass is 263 g/mol. The highest BCUT2D eigenvalue weighted by molar-refractivity contribution is 6.30. The van der Waals surface area contributed by atoms with E-state index in [9.17, 15) is 9.18 Å². The van der Waals surface area contributed by atoms with Gasteiger partial charge in [-0.3, -0.25) is 9.78 Å². The van der Waals surface area contributed by atoms with Crippen LogP contribution in [0.1, 0.15) is 21.6 Å². The summed E-state index contributed by atoms with van der Waals surface area (Å²) in [5.74, 6) is -0.643. The molecule has 4 heteroatoms. The Kier molecular flexibility index (Phi) is 3.72. The number of Topliss-reactive ketones (excluding diaryl/α,β-unsaturated/α-hetero) is 1. The van der Waals surface area contributed by atoms with Crippen molar-refractivity contribution in [3.05, 3.63) is 64.2 Å². The Bertz CT molecular complexity index is 598. The first-order valence-electron chi connectivity index (χ1n) is 5.46. The molecule has 18 heavy (non-hydrogen) atoms. The van der Waals surface area contributed by atoms with Crippen molar-refractivity contribution in [2.45, 2.75) is 13.3 Å². The third-order valence-electron chi connectivity index (χ3n) is 2.63. The first-order valence-corrected chi connectivity index (χ1v) is 5.84. The fourth-order valence-corrected chi connectivity index (χ4v) is 1.91. The van der Waals surface area contributed by atoms with E-state index in [0.29, 0.717) is 10.7 Å². The van der Waals surface area contributed by atoms with Gasteiger partial charge in [0.25, 0.3) is 0 Å². The Morgan fingerprint density at radius 3 is 2.89 bits per heavy atom. The molecule has 1 aromatic heterocycles. The van der Waals surface area contributed by atoms with Crippen molar-refractivity contribution in [2.24, 2.45) is 0 Å². The molecular weight excluding hydrogens is 253 g/mol. The minimum absolute atomic E-state index is 0.0375. The fraction of sp³-hybridized carbons (Fsp3) is 0.143. The standard InChI is InChI=1S/C14H11ClFNO/c1-9-3-2-6-17-14(9)13(18)8-10-7-11(15)4-5-12(10)16/h2-7H,8H2,1H3. The predicted octanol–water partition coefficient (Wildman–Crippen LogP) is 3.61. The van der Waals surface area contributed by atoms with E-state index < -0.39 is 5.82 Å². The van der Waals surface area contributed by atoms with Crippen LogP contribution in [0.25, 0.3) is 0 Å². The van der Waals surface area contributed by atoms with Gasteiger partial charge in [0.05, 0.1) is 0 Å². The second-order valence-electron chi connectivity index (χ2n) is 4.00. The van der Waals surface area contributed by atoms with E-state index in [1.165, 1.54) is 18.2 Å². The maximum absolute atomic E-state index is 13.5. The zero-order valence-corrected chi connectivity index (χ0v) is 10.5. The highest BCUT2D eigenvalue weighted by atomic mass is 35.5. The van der Waals surface area contributed by atoms with E-state index >= 15 is 0 Å². The molecule has 0 N–H and O–H groups in total. The van der Waals surface area contributed by atoms with Crippen molar-refractivity contribution < 1.29 is 9.18 Å². The number of pyridine rings is 1. The zero-order chi connectivity index (χ0) is 13.1. The average molecular weight is 264 g/mol. The first-order chi connectivity index (χ1) is 8.58. The summed E-state index contributed by atoms with van der Waals surface area (Å²) in [6.45, 7) is 1.80. The number of carbonyl (C=O) groups is 1. The molecule has 0 amide bonds. The van der Waals surface area contributed by atoms with Gasteiger partial charge in [0, 0.05) is 17.6 Å². The fourth-order valence-electron chi connectivity index (χ4n) is 1.71. The Morgan fingerprint density at radius 1 is 1.39 bits per heavy atom. The number of rotatable bonds is 3. The van der Waals surface area contributed by atoms with Crippen LogP contribution in [0.2, 0.25) is 5.02 Å². The molecule has 0 aliphatic carbocycles. The van der Waals surface area contributed by atoms with Gasteiger partial charge in [-0.1, -0.05) is 17.7 Å². The largest absolute Gasteiger partial charge is 0.292 e. The normalized spacial score (nSPS) is 10.4. The molecule has 92 valence electrons. The lowest BCUT2D eigenvalue weighted by Gasteiger charge is -2.05. The Morgan fingerprint density at radius 2 is 2.17 bits per heavy atom. The molecule has 0 bridgehead atoms. The van der Waals surface area contributed by atoms with E-state index in [0.717, 1.165) is 5.56 Å². The summed E-state index contributed by atoms with van der Waals surface area (Å²) >= 11 is 5.78. The number of hydrogen-bond donors (Lipinski definition) is 0. The lowest BCUT2D eigenvalue weighted by Crippen LogP contribution is -2.09. The highest BCUT2D eigenvalue weighted by Gasteiger charge is 2.13. The van der Waals surface area contributed by atoms with Crippen molar-refractivity contribution in [3.8, 4) is 0 Å². The molecule has 0 aliphatic heterocycles. The summed E-state index contributed by atoms with van der Waals surface area (Å²) < 4.78 is 13.5. The van der Waals surface area contributed by atoms with Crippen LogP contribution < -0.4 is 0 Å². The molecule has 0 aliphatic rings. The van der Waals surface area contributed by atoms with E-state index in [4.69, 9.17) is 11.6 Å². The molecule has 2 aromatic rings. The smallest absolute Gasteiger partial charge is 0.185 e. The summed E-state index contributed by atoms with van der Waals surface area (Å²) in [4.78, 5) is 16.0. The van der Waals surface area contributed by atoms with Crippen LogP contribution in [0.15, 0.2) is 36.5 Å². The van der Waals surface area contributed by atoms with E-state index in [1.807, 2.05) is 0 Å².